The van der Waals surface area contributed by atoms with Crippen molar-refractivity contribution in [2.45, 2.75) is 77.0 Å². The lowest BCUT2D eigenvalue weighted by atomic mass is 9.88. The third-order valence-corrected chi connectivity index (χ3v) is 4.14. The van der Waals surface area contributed by atoms with E-state index >= 15 is 0 Å². The van der Waals surface area contributed by atoms with E-state index in [0.717, 1.165) is 12.3 Å². The minimum Gasteiger partial charge on any atom is -0.103 e. The van der Waals surface area contributed by atoms with Crippen LogP contribution in [0.1, 0.15) is 82.6 Å². The summed E-state index contributed by atoms with van der Waals surface area (Å²) in [7, 11) is 0. The number of unbranched alkanes of at least 4 members (excludes halogenated alkanes) is 6. The Morgan fingerprint density at radius 2 is 1.55 bits per heavy atom. The van der Waals surface area contributed by atoms with Crippen molar-refractivity contribution in [3.8, 4) is 0 Å². The Hall–Kier alpha value is -1.04. The molecule has 1 rings (SSSR count). The van der Waals surface area contributed by atoms with E-state index in [9.17, 15) is 0 Å². The van der Waals surface area contributed by atoms with Gasteiger partial charge in [-0.25, -0.2) is 0 Å². The number of benzene rings is 1. The van der Waals surface area contributed by atoms with Crippen molar-refractivity contribution < 1.29 is 0 Å². The molecule has 0 radical (unpaired) electrons. The van der Waals surface area contributed by atoms with Gasteiger partial charge in [0.1, 0.15) is 0 Å². The molecule has 0 saturated carbocycles. The lowest BCUT2D eigenvalue weighted by Crippen LogP contribution is -1.99. The molecule has 0 aliphatic carbocycles. The van der Waals surface area contributed by atoms with Gasteiger partial charge < -0.3 is 0 Å². The van der Waals surface area contributed by atoms with Gasteiger partial charge >= 0.3 is 0 Å². The molecule has 0 aliphatic rings. The van der Waals surface area contributed by atoms with Gasteiger partial charge in [-0.2, -0.15) is 0 Å². The summed E-state index contributed by atoms with van der Waals surface area (Å²) in [5.74, 6) is 0.752. The first-order valence-corrected chi connectivity index (χ1v) is 8.54. The fourth-order valence-corrected chi connectivity index (χ4v) is 2.88. The highest BCUT2D eigenvalue weighted by molar-refractivity contribution is 5.19. The summed E-state index contributed by atoms with van der Waals surface area (Å²) in [6.07, 6.45) is 15.5. The highest BCUT2D eigenvalue weighted by Gasteiger charge is 2.10. The largest absolute Gasteiger partial charge is 0.103 e. The van der Waals surface area contributed by atoms with Crippen LogP contribution in [0.25, 0.3) is 0 Å². The SMILES string of the molecule is C=CCCCC(CCCCCCCC)c1ccccc1. The second-order valence-corrected chi connectivity index (χ2v) is 5.88. The Kier molecular flexibility index (Phi) is 10.0. The smallest absolute Gasteiger partial charge is 0.0162 e. The van der Waals surface area contributed by atoms with E-state index in [0.29, 0.717) is 0 Å². The average molecular weight is 272 g/mol. The molecule has 0 fully saturated rings. The molecule has 0 saturated heterocycles. The van der Waals surface area contributed by atoms with Crippen LogP contribution in [-0.4, -0.2) is 0 Å². The second-order valence-electron chi connectivity index (χ2n) is 5.88. The minimum absolute atomic E-state index is 0.752. The van der Waals surface area contributed by atoms with Gasteiger partial charge in [-0.15, -0.1) is 6.58 Å². The van der Waals surface area contributed by atoms with Gasteiger partial charge in [-0.05, 0) is 37.2 Å². The molecule has 1 unspecified atom stereocenters. The molecule has 1 atom stereocenters. The zero-order valence-electron chi connectivity index (χ0n) is 13.3. The normalized spacial score (nSPS) is 12.2. The minimum atomic E-state index is 0.752. The lowest BCUT2D eigenvalue weighted by molar-refractivity contribution is 0.506. The third-order valence-electron chi connectivity index (χ3n) is 4.14. The van der Waals surface area contributed by atoms with Crippen molar-refractivity contribution in [2.24, 2.45) is 0 Å². The molecule has 0 N–H and O–H groups in total. The van der Waals surface area contributed by atoms with Crippen LogP contribution in [0, 0.1) is 0 Å². The van der Waals surface area contributed by atoms with Gasteiger partial charge in [0, 0.05) is 0 Å². The van der Waals surface area contributed by atoms with E-state index in [1.54, 1.807) is 0 Å². The quantitative estimate of drug-likeness (QED) is 0.287. The molecule has 0 spiro atoms. The van der Waals surface area contributed by atoms with Gasteiger partial charge in [-0.3, -0.25) is 0 Å². The molecule has 1 aromatic rings. The van der Waals surface area contributed by atoms with Gasteiger partial charge in [-0.1, -0.05) is 81.9 Å². The predicted molar refractivity (Wildman–Crippen MR) is 91.2 cm³/mol. The molecule has 0 bridgehead atoms. The van der Waals surface area contributed by atoms with E-state index in [-0.39, 0.29) is 0 Å². The number of rotatable bonds is 12. The van der Waals surface area contributed by atoms with Crippen LogP contribution in [0.4, 0.5) is 0 Å². The Morgan fingerprint density at radius 3 is 2.25 bits per heavy atom. The maximum Gasteiger partial charge on any atom is -0.0162 e. The molecule has 0 aromatic heterocycles. The number of allylic oxidation sites excluding steroid dienone is 1. The summed E-state index contributed by atoms with van der Waals surface area (Å²) >= 11 is 0. The molecule has 0 aliphatic heterocycles. The first-order chi connectivity index (χ1) is 9.88. The highest BCUT2D eigenvalue weighted by atomic mass is 14.1. The maximum atomic E-state index is 3.83. The summed E-state index contributed by atoms with van der Waals surface area (Å²) in [4.78, 5) is 0. The second kappa shape index (κ2) is 11.8. The highest BCUT2D eigenvalue weighted by Crippen LogP contribution is 2.28. The summed E-state index contributed by atoms with van der Waals surface area (Å²) < 4.78 is 0. The summed E-state index contributed by atoms with van der Waals surface area (Å²) in [6, 6.07) is 11.1. The van der Waals surface area contributed by atoms with Crippen molar-refractivity contribution in [3.63, 3.8) is 0 Å². The van der Waals surface area contributed by atoms with Crippen LogP contribution in [-0.2, 0) is 0 Å². The van der Waals surface area contributed by atoms with Gasteiger partial charge in [0.2, 0.25) is 0 Å². The predicted octanol–water partition coefficient (Wildman–Crippen LogP) is 6.88. The Balaban J connectivity index is 2.33. The van der Waals surface area contributed by atoms with Gasteiger partial charge in [0.05, 0.1) is 0 Å². The van der Waals surface area contributed by atoms with Gasteiger partial charge in [0.15, 0.2) is 0 Å². The molecule has 1 aromatic carbocycles. The topological polar surface area (TPSA) is 0 Å². The maximum absolute atomic E-state index is 3.83. The first-order valence-electron chi connectivity index (χ1n) is 8.54. The molecule has 20 heavy (non-hydrogen) atoms. The van der Waals surface area contributed by atoms with Crippen molar-refractivity contribution in [2.75, 3.05) is 0 Å². The van der Waals surface area contributed by atoms with Crippen molar-refractivity contribution in [1.29, 1.82) is 0 Å². The van der Waals surface area contributed by atoms with E-state index in [1.807, 2.05) is 6.08 Å². The standard InChI is InChI=1S/C20H32/c1-3-5-7-8-9-12-16-19(15-11-6-4-2)20-17-13-10-14-18-20/h4,10,13-14,17-19H,2-3,5-9,11-12,15-16H2,1H3. The van der Waals surface area contributed by atoms with Crippen LogP contribution >= 0.6 is 0 Å². The fourth-order valence-electron chi connectivity index (χ4n) is 2.88. The molecule has 0 amide bonds. The zero-order chi connectivity index (χ0) is 14.5. The van der Waals surface area contributed by atoms with E-state index in [2.05, 4.69) is 43.8 Å². The van der Waals surface area contributed by atoms with Gasteiger partial charge in [0.25, 0.3) is 0 Å². The van der Waals surface area contributed by atoms with Crippen LogP contribution < -0.4 is 0 Å². The Bertz CT molecular complexity index is 325. The van der Waals surface area contributed by atoms with Crippen LogP contribution in [0.3, 0.4) is 0 Å². The average Bonchev–Trinajstić information content (AvgIpc) is 2.50. The summed E-state index contributed by atoms with van der Waals surface area (Å²) in [5, 5.41) is 0. The number of hydrogen-bond acceptors (Lipinski definition) is 0. The first kappa shape index (κ1) is 17.0. The molecule has 0 heteroatoms. The molecular weight excluding hydrogens is 240 g/mol. The Labute approximate surface area is 126 Å². The molecule has 112 valence electrons. The zero-order valence-corrected chi connectivity index (χ0v) is 13.3. The monoisotopic (exact) mass is 272 g/mol. The molecule has 0 heterocycles. The van der Waals surface area contributed by atoms with E-state index in [1.165, 1.54) is 63.4 Å². The summed E-state index contributed by atoms with van der Waals surface area (Å²) in [6.45, 7) is 6.12. The molecular formula is C20H32. The van der Waals surface area contributed by atoms with Crippen molar-refractivity contribution in [3.05, 3.63) is 48.6 Å². The fraction of sp³-hybridized carbons (Fsp3) is 0.600. The van der Waals surface area contributed by atoms with Crippen LogP contribution in [0.15, 0.2) is 43.0 Å². The lowest BCUT2D eigenvalue weighted by Gasteiger charge is -2.17. The third kappa shape index (κ3) is 7.53. The molecule has 0 nitrogen and oxygen atoms in total. The summed E-state index contributed by atoms with van der Waals surface area (Å²) in [5.41, 5.74) is 1.53. The van der Waals surface area contributed by atoms with E-state index < -0.39 is 0 Å². The van der Waals surface area contributed by atoms with Crippen LogP contribution in [0.5, 0.6) is 0 Å². The Morgan fingerprint density at radius 1 is 0.900 bits per heavy atom. The van der Waals surface area contributed by atoms with E-state index in [4.69, 9.17) is 0 Å². The number of hydrogen-bond donors (Lipinski definition) is 0. The van der Waals surface area contributed by atoms with Crippen molar-refractivity contribution in [1.82, 2.24) is 0 Å². The van der Waals surface area contributed by atoms with Crippen LogP contribution in [0.2, 0.25) is 0 Å². The van der Waals surface area contributed by atoms with Crippen molar-refractivity contribution >= 4 is 0 Å².